The first-order valence-electron chi connectivity index (χ1n) is 8.62. The summed E-state index contributed by atoms with van der Waals surface area (Å²) in [6.07, 6.45) is 5.06. The number of rotatable bonds is 1. The van der Waals surface area contributed by atoms with Crippen molar-refractivity contribution in [2.75, 3.05) is 26.2 Å². The Morgan fingerprint density at radius 1 is 1.33 bits per heavy atom. The average molecular weight is 333 g/mol. The van der Waals surface area contributed by atoms with E-state index in [1.54, 1.807) is 17.3 Å². The molecule has 1 spiro atoms. The molecule has 0 aromatic carbocycles. The van der Waals surface area contributed by atoms with Crippen LogP contribution in [0.1, 0.15) is 45.2 Å². The van der Waals surface area contributed by atoms with E-state index in [2.05, 4.69) is 10.3 Å². The second kappa shape index (κ2) is 6.69. The van der Waals surface area contributed by atoms with Gasteiger partial charge in [0.1, 0.15) is 5.60 Å². The standard InChI is InChI=1S/C18H27N3O3/c1-17(2,3)24-16(22)21-10-6-18(7-11-21)13-20-15(12-23-18)14-4-8-19-9-5-14/h4-5,8-9,15,20H,6-7,10-13H2,1-3H3/t15-/m1/s1. The maximum atomic E-state index is 12.2. The summed E-state index contributed by atoms with van der Waals surface area (Å²) in [5.41, 5.74) is 0.584. The monoisotopic (exact) mass is 333 g/mol. The summed E-state index contributed by atoms with van der Waals surface area (Å²) >= 11 is 0. The minimum Gasteiger partial charge on any atom is -0.444 e. The third kappa shape index (κ3) is 4.05. The van der Waals surface area contributed by atoms with Crippen LogP contribution >= 0.6 is 0 Å². The van der Waals surface area contributed by atoms with Crippen molar-refractivity contribution in [2.24, 2.45) is 0 Å². The number of nitrogens with zero attached hydrogens (tertiary/aromatic N) is 2. The molecule has 1 amide bonds. The van der Waals surface area contributed by atoms with Crippen LogP contribution in [0.2, 0.25) is 0 Å². The summed E-state index contributed by atoms with van der Waals surface area (Å²) in [4.78, 5) is 18.0. The van der Waals surface area contributed by atoms with E-state index in [4.69, 9.17) is 9.47 Å². The van der Waals surface area contributed by atoms with E-state index in [0.717, 1.165) is 19.4 Å². The number of piperidine rings is 1. The molecule has 2 saturated heterocycles. The largest absolute Gasteiger partial charge is 0.444 e. The molecule has 6 heteroatoms. The van der Waals surface area contributed by atoms with Gasteiger partial charge in [-0.25, -0.2) is 4.79 Å². The average Bonchev–Trinajstić information content (AvgIpc) is 2.55. The summed E-state index contributed by atoms with van der Waals surface area (Å²) in [7, 11) is 0. The first-order chi connectivity index (χ1) is 11.4. The van der Waals surface area contributed by atoms with E-state index >= 15 is 0 Å². The Morgan fingerprint density at radius 2 is 2.00 bits per heavy atom. The SMILES string of the molecule is CC(C)(C)OC(=O)N1CCC2(CC1)CN[C@@H](c1ccncc1)CO2. The van der Waals surface area contributed by atoms with E-state index in [-0.39, 0.29) is 17.7 Å². The molecule has 0 radical (unpaired) electrons. The molecule has 1 aromatic rings. The first kappa shape index (κ1) is 17.2. The first-order valence-corrected chi connectivity index (χ1v) is 8.62. The van der Waals surface area contributed by atoms with Crippen LogP contribution < -0.4 is 5.32 Å². The molecule has 3 heterocycles. The summed E-state index contributed by atoms with van der Waals surface area (Å²) in [5.74, 6) is 0. The van der Waals surface area contributed by atoms with Crippen LogP contribution in [0.25, 0.3) is 0 Å². The molecule has 1 N–H and O–H groups in total. The molecule has 0 aliphatic carbocycles. The van der Waals surface area contributed by atoms with Crippen LogP contribution in [0, 0.1) is 0 Å². The highest BCUT2D eigenvalue weighted by atomic mass is 16.6. The van der Waals surface area contributed by atoms with Crippen LogP contribution in [-0.2, 0) is 9.47 Å². The lowest BCUT2D eigenvalue weighted by molar-refractivity contribution is -0.113. The number of morpholine rings is 1. The Hall–Kier alpha value is -1.66. The van der Waals surface area contributed by atoms with Crippen LogP contribution in [0.3, 0.4) is 0 Å². The zero-order valence-corrected chi connectivity index (χ0v) is 14.7. The maximum Gasteiger partial charge on any atom is 0.410 e. The minimum atomic E-state index is -0.452. The molecule has 6 nitrogen and oxygen atoms in total. The molecule has 1 aromatic heterocycles. The molecular weight excluding hydrogens is 306 g/mol. The predicted molar refractivity (Wildman–Crippen MR) is 90.7 cm³/mol. The Labute approximate surface area is 143 Å². The van der Waals surface area contributed by atoms with Gasteiger partial charge in [-0.3, -0.25) is 4.98 Å². The molecule has 0 bridgehead atoms. The van der Waals surface area contributed by atoms with Crippen molar-refractivity contribution < 1.29 is 14.3 Å². The van der Waals surface area contributed by atoms with Crippen LogP contribution in [0.4, 0.5) is 4.79 Å². The fourth-order valence-corrected chi connectivity index (χ4v) is 3.23. The second-order valence-electron chi connectivity index (χ2n) is 7.68. The number of pyridine rings is 1. The van der Waals surface area contributed by atoms with Gasteiger partial charge in [0.2, 0.25) is 0 Å². The van der Waals surface area contributed by atoms with Crippen molar-refractivity contribution in [1.29, 1.82) is 0 Å². The van der Waals surface area contributed by atoms with Gasteiger partial charge in [0.05, 0.1) is 18.2 Å². The number of hydrogen-bond donors (Lipinski definition) is 1. The molecule has 132 valence electrons. The van der Waals surface area contributed by atoms with Gasteiger partial charge in [0.15, 0.2) is 0 Å². The Bertz CT molecular complexity index is 553. The normalized spacial score (nSPS) is 24.0. The van der Waals surface area contributed by atoms with Gasteiger partial charge >= 0.3 is 6.09 Å². The zero-order chi connectivity index (χ0) is 17.2. The lowest BCUT2D eigenvalue weighted by Gasteiger charge is -2.46. The van der Waals surface area contributed by atoms with Crippen molar-refractivity contribution in [3.63, 3.8) is 0 Å². The zero-order valence-electron chi connectivity index (χ0n) is 14.7. The van der Waals surface area contributed by atoms with Gasteiger partial charge in [-0.1, -0.05) is 0 Å². The summed E-state index contributed by atoms with van der Waals surface area (Å²) in [5, 5.41) is 3.59. The van der Waals surface area contributed by atoms with Gasteiger partial charge in [0, 0.05) is 32.0 Å². The van der Waals surface area contributed by atoms with Gasteiger partial charge in [-0.2, -0.15) is 0 Å². The van der Waals surface area contributed by atoms with Gasteiger partial charge < -0.3 is 19.7 Å². The lowest BCUT2D eigenvalue weighted by atomic mass is 9.89. The van der Waals surface area contributed by atoms with E-state index in [1.807, 2.05) is 32.9 Å². The Balaban J connectivity index is 1.51. The highest BCUT2D eigenvalue weighted by Gasteiger charge is 2.41. The van der Waals surface area contributed by atoms with Crippen LogP contribution in [0.15, 0.2) is 24.5 Å². The predicted octanol–water partition coefficient (Wildman–Crippen LogP) is 2.51. The molecule has 24 heavy (non-hydrogen) atoms. The topological polar surface area (TPSA) is 63.7 Å². The molecule has 1 atom stereocenters. The molecule has 0 unspecified atom stereocenters. The maximum absolute atomic E-state index is 12.2. The highest BCUT2D eigenvalue weighted by Crippen LogP contribution is 2.32. The third-order valence-corrected chi connectivity index (χ3v) is 4.66. The third-order valence-electron chi connectivity index (χ3n) is 4.66. The summed E-state index contributed by atoms with van der Waals surface area (Å²) in [6, 6.07) is 4.25. The molecule has 0 saturated carbocycles. The van der Waals surface area contributed by atoms with E-state index in [9.17, 15) is 4.79 Å². The number of ether oxygens (including phenoxy) is 2. The lowest BCUT2D eigenvalue weighted by Crippen LogP contribution is -2.57. The molecule has 2 aliphatic rings. The number of likely N-dealkylation sites (tertiary alicyclic amines) is 1. The number of carbonyl (C=O) groups excluding carboxylic acids is 1. The fraction of sp³-hybridized carbons (Fsp3) is 0.667. The van der Waals surface area contributed by atoms with Crippen molar-refractivity contribution in [3.05, 3.63) is 30.1 Å². The van der Waals surface area contributed by atoms with Crippen LogP contribution in [0.5, 0.6) is 0 Å². The molecule has 2 aliphatic heterocycles. The van der Waals surface area contributed by atoms with Crippen molar-refractivity contribution in [1.82, 2.24) is 15.2 Å². The van der Waals surface area contributed by atoms with Crippen molar-refractivity contribution in [2.45, 2.75) is 50.9 Å². The quantitative estimate of drug-likeness (QED) is 0.855. The fourth-order valence-electron chi connectivity index (χ4n) is 3.23. The van der Waals surface area contributed by atoms with Gasteiger partial charge in [-0.05, 0) is 51.3 Å². The second-order valence-corrected chi connectivity index (χ2v) is 7.68. The number of carbonyl (C=O) groups is 1. The van der Waals surface area contributed by atoms with Gasteiger partial charge in [0.25, 0.3) is 0 Å². The summed E-state index contributed by atoms with van der Waals surface area (Å²) in [6.45, 7) is 8.49. The minimum absolute atomic E-state index is 0.165. The van der Waals surface area contributed by atoms with Crippen molar-refractivity contribution >= 4 is 6.09 Å². The Morgan fingerprint density at radius 3 is 2.54 bits per heavy atom. The molecule has 2 fully saturated rings. The van der Waals surface area contributed by atoms with E-state index in [0.29, 0.717) is 19.7 Å². The molecular formula is C18H27N3O3. The Kier molecular flexibility index (Phi) is 4.78. The molecule has 3 rings (SSSR count). The number of nitrogens with one attached hydrogen (secondary N) is 1. The smallest absolute Gasteiger partial charge is 0.410 e. The van der Waals surface area contributed by atoms with E-state index < -0.39 is 5.60 Å². The summed E-state index contributed by atoms with van der Waals surface area (Å²) < 4.78 is 11.7. The van der Waals surface area contributed by atoms with Gasteiger partial charge in [-0.15, -0.1) is 0 Å². The van der Waals surface area contributed by atoms with Crippen molar-refractivity contribution in [3.8, 4) is 0 Å². The highest BCUT2D eigenvalue weighted by molar-refractivity contribution is 5.68. The van der Waals surface area contributed by atoms with Crippen LogP contribution in [-0.4, -0.2) is 53.4 Å². The number of hydrogen-bond acceptors (Lipinski definition) is 5. The number of amides is 1. The number of aromatic nitrogens is 1. The van der Waals surface area contributed by atoms with E-state index in [1.165, 1.54) is 5.56 Å².